The molecule has 2 aromatic carbocycles. The molecular formula is C15H14ClI. The smallest absolute Gasteiger partial charge is 0.0295 e. The molecule has 0 radical (unpaired) electrons. The van der Waals surface area contributed by atoms with E-state index in [-0.39, 0.29) is 0 Å². The molecule has 0 aliphatic carbocycles. The molecule has 0 aromatic heterocycles. The highest BCUT2D eigenvalue weighted by Crippen LogP contribution is 2.22. The fourth-order valence-electron chi connectivity index (χ4n) is 1.89. The number of hydrogen-bond donors (Lipinski definition) is 0. The Kier molecular flexibility index (Phi) is 4.86. The molecule has 0 saturated heterocycles. The van der Waals surface area contributed by atoms with E-state index >= 15 is 0 Å². The number of benzene rings is 2. The number of hydrogen-bond acceptors (Lipinski definition) is 0. The number of alkyl halides is 1. The maximum absolute atomic E-state index is 6.08. The normalized spacial score (nSPS) is 12.4. The van der Waals surface area contributed by atoms with Crippen LogP contribution < -0.4 is 0 Å². The van der Waals surface area contributed by atoms with Crippen molar-refractivity contribution in [2.45, 2.75) is 12.3 Å². The Morgan fingerprint density at radius 3 is 2.18 bits per heavy atom. The molecule has 88 valence electrons. The van der Waals surface area contributed by atoms with Crippen molar-refractivity contribution in [2.75, 3.05) is 5.88 Å². The molecule has 0 N–H and O–H groups in total. The lowest BCUT2D eigenvalue weighted by Gasteiger charge is -2.14. The van der Waals surface area contributed by atoms with Crippen LogP contribution in [-0.4, -0.2) is 5.88 Å². The summed E-state index contributed by atoms with van der Waals surface area (Å²) >= 11 is 8.41. The third kappa shape index (κ3) is 3.71. The quantitative estimate of drug-likeness (QED) is 0.542. The zero-order chi connectivity index (χ0) is 12.1. The van der Waals surface area contributed by atoms with Crippen molar-refractivity contribution >= 4 is 34.2 Å². The maximum atomic E-state index is 6.08. The summed E-state index contributed by atoms with van der Waals surface area (Å²) in [5.41, 5.74) is 2.67. The molecule has 0 spiro atoms. The van der Waals surface area contributed by atoms with E-state index in [2.05, 4.69) is 71.1 Å². The largest absolute Gasteiger partial charge is 0.126 e. The summed E-state index contributed by atoms with van der Waals surface area (Å²) in [6.07, 6.45) is 1.00. The maximum Gasteiger partial charge on any atom is 0.0295 e. The Bertz CT molecular complexity index is 450. The van der Waals surface area contributed by atoms with Crippen molar-refractivity contribution in [3.05, 3.63) is 69.3 Å². The Morgan fingerprint density at radius 2 is 1.59 bits per heavy atom. The molecule has 0 aliphatic heterocycles. The van der Waals surface area contributed by atoms with Crippen LogP contribution in [0.4, 0.5) is 0 Å². The van der Waals surface area contributed by atoms with Crippen LogP contribution in [0.3, 0.4) is 0 Å². The van der Waals surface area contributed by atoms with Gasteiger partial charge in [-0.3, -0.25) is 0 Å². The Hall–Kier alpha value is -0.540. The van der Waals surface area contributed by atoms with Gasteiger partial charge in [-0.25, -0.2) is 0 Å². The van der Waals surface area contributed by atoms with E-state index in [1.54, 1.807) is 0 Å². The van der Waals surface area contributed by atoms with Gasteiger partial charge in [-0.1, -0.05) is 42.5 Å². The molecule has 0 heterocycles. The first-order valence-electron chi connectivity index (χ1n) is 5.65. The molecule has 0 aliphatic rings. The topological polar surface area (TPSA) is 0 Å². The van der Waals surface area contributed by atoms with Crippen LogP contribution in [0.2, 0.25) is 0 Å². The van der Waals surface area contributed by atoms with Gasteiger partial charge in [0.15, 0.2) is 0 Å². The predicted molar refractivity (Wildman–Crippen MR) is 82.8 cm³/mol. The van der Waals surface area contributed by atoms with E-state index in [9.17, 15) is 0 Å². The third-order valence-electron chi connectivity index (χ3n) is 2.85. The fourth-order valence-corrected chi connectivity index (χ4v) is 2.54. The van der Waals surface area contributed by atoms with E-state index in [4.69, 9.17) is 11.6 Å². The number of rotatable bonds is 4. The number of halogens is 2. The summed E-state index contributed by atoms with van der Waals surface area (Å²) in [6, 6.07) is 19.2. The van der Waals surface area contributed by atoms with Crippen LogP contribution in [0.1, 0.15) is 17.0 Å². The van der Waals surface area contributed by atoms with Crippen LogP contribution in [0.15, 0.2) is 54.6 Å². The van der Waals surface area contributed by atoms with Gasteiger partial charge in [0.2, 0.25) is 0 Å². The summed E-state index contributed by atoms with van der Waals surface area (Å²) in [5, 5.41) is 0. The van der Waals surface area contributed by atoms with E-state index in [1.165, 1.54) is 14.7 Å². The van der Waals surface area contributed by atoms with Crippen LogP contribution in [-0.2, 0) is 6.42 Å². The SMILES string of the molecule is ClCC(Cc1ccc(I)cc1)c1ccccc1. The van der Waals surface area contributed by atoms with E-state index in [0.29, 0.717) is 11.8 Å². The fraction of sp³-hybridized carbons (Fsp3) is 0.200. The average molecular weight is 357 g/mol. The molecular weight excluding hydrogens is 343 g/mol. The Balaban J connectivity index is 2.13. The second-order valence-electron chi connectivity index (χ2n) is 4.09. The highest BCUT2D eigenvalue weighted by molar-refractivity contribution is 14.1. The lowest BCUT2D eigenvalue weighted by Crippen LogP contribution is -2.04. The zero-order valence-corrected chi connectivity index (χ0v) is 12.4. The molecule has 0 saturated carbocycles. The average Bonchev–Trinajstić information content (AvgIpc) is 2.39. The van der Waals surface area contributed by atoms with Gasteiger partial charge in [0.05, 0.1) is 0 Å². The van der Waals surface area contributed by atoms with Crippen molar-refractivity contribution in [3.8, 4) is 0 Å². The first kappa shape index (κ1) is 12.9. The lowest BCUT2D eigenvalue weighted by atomic mass is 9.94. The summed E-state index contributed by atoms with van der Waals surface area (Å²) < 4.78 is 1.27. The second-order valence-corrected chi connectivity index (χ2v) is 5.65. The molecule has 2 rings (SSSR count). The van der Waals surface area contributed by atoms with Crippen molar-refractivity contribution in [1.82, 2.24) is 0 Å². The van der Waals surface area contributed by atoms with Gasteiger partial charge in [-0.15, -0.1) is 11.6 Å². The van der Waals surface area contributed by atoms with E-state index < -0.39 is 0 Å². The van der Waals surface area contributed by atoms with Crippen LogP contribution in [0.25, 0.3) is 0 Å². The molecule has 17 heavy (non-hydrogen) atoms. The molecule has 0 bridgehead atoms. The van der Waals surface area contributed by atoms with Gasteiger partial charge < -0.3 is 0 Å². The standard InChI is InChI=1S/C15H14ClI/c16-11-14(13-4-2-1-3-5-13)10-12-6-8-15(17)9-7-12/h1-9,14H,10-11H2. The van der Waals surface area contributed by atoms with Crippen molar-refractivity contribution in [1.29, 1.82) is 0 Å². The van der Waals surface area contributed by atoms with Crippen LogP contribution >= 0.6 is 34.2 Å². The minimum absolute atomic E-state index is 0.401. The van der Waals surface area contributed by atoms with Gasteiger partial charge in [-0.2, -0.15) is 0 Å². The molecule has 0 nitrogen and oxygen atoms in total. The molecule has 1 unspecified atom stereocenters. The summed E-state index contributed by atoms with van der Waals surface area (Å²) in [4.78, 5) is 0. The van der Waals surface area contributed by atoms with Crippen molar-refractivity contribution in [2.24, 2.45) is 0 Å². The van der Waals surface area contributed by atoms with Gasteiger partial charge in [-0.05, 0) is 52.3 Å². The molecule has 2 heteroatoms. The summed E-state index contributed by atoms with van der Waals surface area (Å²) in [7, 11) is 0. The van der Waals surface area contributed by atoms with E-state index in [1.807, 2.05) is 6.07 Å². The van der Waals surface area contributed by atoms with Crippen LogP contribution in [0, 0.1) is 3.57 Å². The van der Waals surface area contributed by atoms with Gasteiger partial charge in [0, 0.05) is 15.4 Å². The molecule has 0 fully saturated rings. The first-order valence-corrected chi connectivity index (χ1v) is 7.26. The van der Waals surface area contributed by atoms with Gasteiger partial charge in [0.25, 0.3) is 0 Å². The monoisotopic (exact) mass is 356 g/mol. The Labute approximate surface area is 121 Å². The minimum atomic E-state index is 0.401. The van der Waals surface area contributed by atoms with Crippen molar-refractivity contribution < 1.29 is 0 Å². The van der Waals surface area contributed by atoms with Gasteiger partial charge in [0.1, 0.15) is 0 Å². The summed E-state index contributed by atoms with van der Waals surface area (Å²) in [6.45, 7) is 0. The first-order chi connectivity index (χ1) is 8.29. The molecule has 1 atom stereocenters. The predicted octanol–water partition coefficient (Wildman–Crippen LogP) is 4.86. The Morgan fingerprint density at radius 1 is 0.941 bits per heavy atom. The van der Waals surface area contributed by atoms with E-state index in [0.717, 1.165) is 6.42 Å². The molecule has 2 aromatic rings. The second kappa shape index (κ2) is 6.41. The van der Waals surface area contributed by atoms with Gasteiger partial charge >= 0.3 is 0 Å². The highest BCUT2D eigenvalue weighted by Gasteiger charge is 2.10. The minimum Gasteiger partial charge on any atom is -0.126 e. The lowest BCUT2D eigenvalue weighted by molar-refractivity contribution is 0.766. The highest BCUT2D eigenvalue weighted by atomic mass is 127. The van der Waals surface area contributed by atoms with Crippen LogP contribution in [0.5, 0.6) is 0 Å². The zero-order valence-electron chi connectivity index (χ0n) is 9.44. The molecule has 0 amide bonds. The van der Waals surface area contributed by atoms with Crippen molar-refractivity contribution in [3.63, 3.8) is 0 Å². The summed E-state index contributed by atoms with van der Waals surface area (Å²) in [5.74, 6) is 1.06. The third-order valence-corrected chi connectivity index (χ3v) is 3.94.